The van der Waals surface area contributed by atoms with Crippen molar-refractivity contribution in [3.63, 3.8) is 0 Å². The van der Waals surface area contributed by atoms with Crippen LogP contribution in [0.4, 0.5) is 9.18 Å². The van der Waals surface area contributed by atoms with E-state index in [4.69, 9.17) is 0 Å². The zero-order chi connectivity index (χ0) is 16.1. The number of amides is 2. The standard InChI is InChI=1S/C17H25FN2O2/c1-12(6-7-14-4-3-5-16(18)10-14)19-17(22)20-9-8-15(11-20)13(2)21/h3-5,10,12-13,15,21H,6-9,11H2,1-2H3,(H,19,22)/t12-,13+,15+/m1/s1. The highest BCUT2D eigenvalue weighted by atomic mass is 19.1. The molecule has 0 aliphatic carbocycles. The van der Waals surface area contributed by atoms with Gasteiger partial charge >= 0.3 is 6.03 Å². The van der Waals surface area contributed by atoms with Crippen LogP contribution in [0.3, 0.4) is 0 Å². The average Bonchev–Trinajstić information content (AvgIpc) is 2.95. The maximum absolute atomic E-state index is 13.1. The zero-order valence-corrected chi connectivity index (χ0v) is 13.3. The number of nitrogens with zero attached hydrogens (tertiary/aromatic N) is 1. The van der Waals surface area contributed by atoms with Crippen molar-refractivity contribution in [2.45, 2.75) is 45.3 Å². The molecular formula is C17H25FN2O2. The summed E-state index contributed by atoms with van der Waals surface area (Å²) in [4.78, 5) is 13.9. The molecule has 1 aromatic carbocycles. The summed E-state index contributed by atoms with van der Waals surface area (Å²) in [5.74, 6) is -0.0521. The smallest absolute Gasteiger partial charge is 0.317 e. The first kappa shape index (κ1) is 16.7. The van der Waals surface area contributed by atoms with Crippen LogP contribution in [0, 0.1) is 11.7 Å². The number of carbonyl (C=O) groups excluding carboxylic acids is 1. The number of carbonyl (C=O) groups is 1. The highest BCUT2D eigenvalue weighted by molar-refractivity contribution is 5.74. The predicted molar refractivity (Wildman–Crippen MR) is 84.1 cm³/mol. The summed E-state index contributed by atoms with van der Waals surface area (Å²) >= 11 is 0. The fourth-order valence-corrected chi connectivity index (χ4v) is 2.82. The predicted octanol–water partition coefficient (Wildman–Crippen LogP) is 2.56. The van der Waals surface area contributed by atoms with Gasteiger partial charge < -0.3 is 15.3 Å². The van der Waals surface area contributed by atoms with Crippen LogP contribution in [0.2, 0.25) is 0 Å². The lowest BCUT2D eigenvalue weighted by Gasteiger charge is -2.21. The summed E-state index contributed by atoms with van der Waals surface area (Å²) in [6.45, 7) is 5.03. The molecule has 3 atom stereocenters. The summed E-state index contributed by atoms with van der Waals surface area (Å²) in [5.41, 5.74) is 0.941. The van der Waals surface area contributed by atoms with Crippen molar-refractivity contribution in [1.82, 2.24) is 10.2 Å². The number of halogens is 1. The molecule has 1 aliphatic heterocycles. The van der Waals surface area contributed by atoms with E-state index in [-0.39, 0.29) is 29.9 Å². The third-order valence-electron chi connectivity index (χ3n) is 4.32. The summed E-state index contributed by atoms with van der Waals surface area (Å²) in [6, 6.07) is 6.51. The maximum Gasteiger partial charge on any atom is 0.317 e. The molecule has 0 radical (unpaired) electrons. The minimum atomic E-state index is -0.372. The van der Waals surface area contributed by atoms with Crippen LogP contribution in [-0.4, -0.2) is 41.3 Å². The fraction of sp³-hybridized carbons (Fsp3) is 0.588. The van der Waals surface area contributed by atoms with Crippen LogP contribution in [0.25, 0.3) is 0 Å². The molecule has 2 amide bonds. The molecule has 1 saturated heterocycles. The van der Waals surface area contributed by atoms with E-state index in [1.807, 2.05) is 13.0 Å². The van der Waals surface area contributed by atoms with Gasteiger partial charge in [-0.15, -0.1) is 0 Å². The highest BCUT2D eigenvalue weighted by Gasteiger charge is 2.29. The molecule has 4 nitrogen and oxygen atoms in total. The molecular weight excluding hydrogens is 283 g/mol. The Labute approximate surface area is 131 Å². The van der Waals surface area contributed by atoms with Crippen molar-refractivity contribution >= 4 is 6.03 Å². The minimum absolute atomic E-state index is 0.0290. The van der Waals surface area contributed by atoms with E-state index < -0.39 is 0 Å². The zero-order valence-electron chi connectivity index (χ0n) is 13.3. The van der Waals surface area contributed by atoms with Gasteiger partial charge in [-0.25, -0.2) is 9.18 Å². The summed E-state index contributed by atoms with van der Waals surface area (Å²) in [7, 11) is 0. The molecule has 0 spiro atoms. The minimum Gasteiger partial charge on any atom is -0.393 e. The highest BCUT2D eigenvalue weighted by Crippen LogP contribution is 2.19. The largest absolute Gasteiger partial charge is 0.393 e. The molecule has 1 aromatic rings. The molecule has 0 saturated carbocycles. The van der Waals surface area contributed by atoms with E-state index in [2.05, 4.69) is 5.32 Å². The van der Waals surface area contributed by atoms with Gasteiger partial charge in [-0.1, -0.05) is 12.1 Å². The fourth-order valence-electron chi connectivity index (χ4n) is 2.82. The molecule has 0 aromatic heterocycles. The number of hydrogen-bond acceptors (Lipinski definition) is 2. The molecule has 0 bridgehead atoms. The van der Waals surface area contributed by atoms with E-state index in [1.165, 1.54) is 12.1 Å². The second kappa shape index (κ2) is 7.58. The van der Waals surface area contributed by atoms with Crippen molar-refractivity contribution in [3.05, 3.63) is 35.6 Å². The van der Waals surface area contributed by atoms with E-state index in [0.29, 0.717) is 13.1 Å². The summed E-state index contributed by atoms with van der Waals surface area (Å²) in [6.07, 6.45) is 1.98. The molecule has 22 heavy (non-hydrogen) atoms. The molecule has 2 N–H and O–H groups in total. The van der Waals surface area contributed by atoms with Gasteiger partial charge in [-0.05, 0) is 50.8 Å². The molecule has 0 unspecified atom stereocenters. The quantitative estimate of drug-likeness (QED) is 0.878. The molecule has 1 aliphatic rings. The number of benzene rings is 1. The number of nitrogens with one attached hydrogen (secondary N) is 1. The number of likely N-dealkylation sites (tertiary alicyclic amines) is 1. The number of rotatable bonds is 5. The number of aryl methyl sites for hydroxylation is 1. The van der Waals surface area contributed by atoms with Crippen LogP contribution in [0.15, 0.2) is 24.3 Å². The first-order valence-electron chi connectivity index (χ1n) is 7.93. The summed E-state index contributed by atoms with van der Waals surface area (Å²) in [5, 5.41) is 12.6. The number of hydrogen-bond donors (Lipinski definition) is 2. The summed E-state index contributed by atoms with van der Waals surface area (Å²) < 4.78 is 13.1. The Morgan fingerprint density at radius 3 is 2.91 bits per heavy atom. The van der Waals surface area contributed by atoms with Crippen molar-refractivity contribution in [1.29, 1.82) is 0 Å². The van der Waals surface area contributed by atoms with E-state index >= 15 is 0 Å². The van der Waals surface area contributed by atoms with E-state index in [9.17, 15) is 14.3 Å². The topological polar surface area (TPSA) is 52.6 Å². The van der Waals surface area contributed by atoms with Gasteiger partial charge in [0.15, 0.2) is 0 Å². The molecule has 5 heteroatoms. The molecule has 1 heterocycles. The Bertz CT molecular complexity index is 507. The second-order valence-electron chi connectivity index (χ2n) is 6.25. The van der Waals surface area contributed by atoms with Crippen LogP contribution in [0.5, 0.6) is 0 Å². The molecule has 122 valence electrons. The Kier molecular flexibility index (Phi) is 5.77. The Balaban J connectivity index is 1.75. The number of urea groups is 1. The lowest BCUT2D eigenvalue weighted by molar-refractivity contribution is 0.129. The van der Waals surface area contributed by atoms with Gasteiger partial charge in [0.25, 0.3) is 0 Å². The maximum atomic E-state index is 13.1. The van der Waals surface area contributed by atoms with Crippen molar-refractivity contribution < 1.29 is 14.3 Å². The van der Waals surface area contributed by atoms with Gasteiger partial charge in [-0.2, -0.15) is 0 Å². The van der Waals surface area contributed by atoms with Gasteiger partial charge in [0.05, 0.1) is 6.10 Å². The third kappa shape index (κ3) is 4.70. The average molecular weight is 308 g/mol. The Morgan fingerprint density at radius 1 is 1.50 bits per heavy atom. The Hall–Kier alpha value is -1.62. The first-order valence-corrected chi connectivity index (χ1v) is 7.93. The van der Waals surface area contributed by atoms with Gasteiger partial charge in [0.2, 0.25) is 0 Å². The van der Waals surface area contributed by atoms with Crippen molar-refractivity contribution in [2.75, 3.05) is 13.1 Å². The van der Waals surface area contributed by atoms with Gasteiger partial charge in [0.1, 0.15) is 5.82 Å². The molecule has 1 fully saturated rings. The third-order valence-corrected chi connectivity index (χ3v) is 4.32. The lowest BCUT2D eigenvalue weighted by atomic mass is 10.0. The molecule has 2 rings (SSSR count). The van der Waals surface area contributed by atoms with Crippen LogP contribution in [-0.2, 0) is 6.42 Å². The lowest BCUT2D eigenvalue weighted by Crippen LogP contribution is -2.43. The second-order valence-corrected chi connectivity index (χ2v) is 6.25. The SMILES string of the molecule is C[C@H](CCc1cccc(F)c1)NC(=O)N1CC[C@H]([C@H](C)O)C1. The van der Waals surface area contributed by atoms with E-state index in [0.717, 1.165) is 24.8 Å². The van der Waals surface area contributed by atoms with Gasteiger partial charge in [-0.3, -0.25) is 0 Å². The van der Waals surface area contributed by atoms with Gasteiger partial charge in [0, 0.05) is 25.0 Å². The first-order chi connectivity index (χ1) is 10.5. The van der Waals surface area contributed by atoms with Crippen molar-refractivity contribution in [3.8, 4) is 0 Å². The van der Waals surface area contributed by atoms with Crippen LogP contribution >= 0.6 is 0 Å². The monoisotopic (exact) mass is 308 g/mol. The number of aliphatic hydroxyl groups excluding tert-OH is 1. The Morgan fingerprint density at radius 2 is 2.27 bits per heavy atom. The van der Waals surface area contributed by atoms with E-state index in [1.54, 1.807) is 17.9 Å². The van der Waals surface area contributed by atoms with Crippen LogP contribution in [0.1, 0.15) is 32.3 Å². The number of aliphatic hydroxyl groups is 1. The van der Waals surface area contributed by atoms with Crippen LogP contribution < -0.4 is 5.32 Å². The van der Waals surface area contributed by atoms with Crippen molar-refractivity contribution in [2.24, 2.45) is 5.92 Å². The normalized spacial score (nSPS) is 20.7.